The van der Waals surface area contributed by atoms with Crippen molar-refractivity contribution in [1.29, 1.82) is 0 Å². The molecule has 0 bridgehead atoms. The quantitative estimate of drug-likeness (QED) is 0.518. The third-order valence-electron chi connectivity index (χ3n) is 8.40. The Kier molecular flexibility index (Phi) is 3.18. The molecule has 0 aliphatic heterocycles. The standard InChI is InChI=1S/C20H32O2/c1-13-12-14-6-4-10-20(21,22)19(14,3)16-8-11-18(2)9-5-7-15(18)17(13)16/h12-13,15-17,21-22H,4-11H2,1-3H3/t13-,15-,16-,17-,18-,19-/m0/s1. The van der Waals surface area contributed by atoms with Crippen LogP contribution in [0.4, 0.5) is 0 Å². The average Bonchev–Trinajstić information content (AvgIpc) is 2.83. The lowest BCUT2D eigenvalue weighted by molar-refractivity contribution is -0.271. The van der Waals surface area contributed by atoms with Gasteiger partial charge in [0.05, 0.1) is 0 Å². The molecule has 2 heteroatoms. The summed E-state index contributed by atoms with van der Waals surface area (Å²) in [5.74, 6) is 0.978. The first kappa shape index (κ1) is 15.2. The molecule has 0 aromatic rings. The molecule has 2 N–H and O–H groups in total. The Bertz CT molecular complexity index is 508. The van der Waals surface area contributed by atoms with Gasteiger partial charge in [-0.05, 0) is 67.6 Å². The van der Waals surface area contributed by atoms with E-state index in [0.717, 1.165) is 18.8 Å². The molecule has 0 radical (unpaired) electrons. The van der Waals surface area contributed by atoms with E-state index in [4.69, 9.17) is 0 Å². The second kappa shape index (κ2) is 4.60. The number of fused-ring (bicyclic) bond motifs is 5. The van der Waals surface area contributed by atoms with E-state index >= 15 is 0 Å². The summed E-state index contributed by atoms with van der Waals surface area (Å²) in [5, 5.41) is 21.7. The van der Waals surface area contributed by atoms with Crippen molar-refractivity contribution in [2.45, 2.75) is 77.9 Å². The Labute approximate surface area is 135 Å². The fraction of sp³-hybridized carbons (Fsp3) is 0.900. The molecule has 0 aromatic carbocycles. The van der Waals surface area contributed by atoms with Gasteiger partial charge >= 0.3 is 0 Å². The van der Waals surface area contributed by atoms with Gasteiger partial charge in [-0.25, -0.2) is 0 Å². The number of hydrogen-bond donors (Lipinski definition) is 2. The van der Waals surface area contributed by atoms with Crippen molar-refractivity contribution in [2.24, 2.45) is 34.5 Å². The lowest BCUT2D eigenvalue weighted by Crippen LogP contribution is -2.61. The molecule has 3 saturated carbocycles. The van der Waals surface area contributed by atoms with Crippen LogP contribution in [-0.2, 0) is 0 Å². The molecule has 0 heterocycles. The van der Waals surface area contributed by atoms with Crippen LogP contribution in [0.3, 0.4) is 0 Å². The predicted octanol–water partition coefficient (Wildman–Crippen LogP) is 4.27. The van der Waals surface area contributed by atoms with Crippen molar-refractivity contribution in [3.63, 3.8) is 0 Å². The molecule has 2 nitrogen and oxygen atoms in total. The second-order valence-corrected chi connectivity index (χ2v) is 9.30. The minimum atomic E-state index is -1.51. The molecule has 124 valence electrons. The zero-order valence-corrected chi connectivity index (χ0v) is 14.4. The fourth-order valence-electron chi connectivity index (χ4n) is 7.11. The van der Waals surface area contributed by atoms with Gasteiger partial charge in [0.25, 0.3) is 0 Å². The second-order valence-electron chi connectivity index (χ2n) is 9.30. The number of rotatable bonds is 0. The Morgan fingerprint density at radius 2 is 1.77 bits per heavy atom. The lowest BCUT2D eigenvalue weighted by Gasteiger charge is -2.61. The predicted molar refractivity (Wildman–Crippen MR) is 88.0 cm³/mol. The summed E-state index contributed by atoms with van der Waals surface area (Å²) in [6.07, 6.45) is 11.5. The first-order valence-electron chi connectivity index (χ1n) is 9.45. The van der Waals surface area contributed by atoms with E-state index in [-0.39, 0.29) is 0 Å². The SMILES string of the molecule is C[C@H]1C=C2CCCC(O)(O)[C@]2(C)[C@H]2CC[C@]3(C)CCC[C@H]3[C@H]12. The van der Waals surface area contributed by atoms with Crippen molar-refractivity contribution in [3.8, 4) is 0 Å². The van der Waals surface area contributed by atoms with Crippen LogP contribution in [0.2, 0.25) is 0 Å². The first-order chi connectivity index (χ1) is 10.3. The van der Waals surface area contributed by atoms with Crippen LogP contribution >= 0.6 is 0 Å². The number of hydrogen-bond acceptors (Lipinski definition) is 2. The summed E-state index contributed by atoms with van der Waals surface area (Å²) in [4.78, 5) is 0. The van der Waals surface area contributed by atoms with Gasteiger partial charge in [-0.2, -0.15) is 0 Å². The van der Waals surface area contributed by atoms with Crippen LogP contribution in [0.25, 0.3) is 0 Å². The third-order valence-corrected chi connectivity index (χ3v) is 8.40. The Balaban J connectivity index is 1.81. The van der Waals surface area contributed by atoms with E-state index in [1.807, 2.05) is 0 Å². The van der Waals surface area contributed by atoms with Crippen molar-refractivity contribution in [1.82, 2.24) is 0 Å². The molecule has 22 heavy (non-hydrogen) atoms. The van der Waals surface area contributed by atoms with Crippen LogP contribution in [0, 0.1) is 34.5 Å². The molecule has 3 fully saturated rings. The van der Waals surface area contributed by atoms with Crippen LogP contribution in [-0.4, -0.2) is 16.0 Å². The Morgan fingerprint density at radius 1 is 1.00 bits per heavy atom. The molecule has 4 aliphatic carbocycles. The largest absolute Gasteiger partial charge is 0.365 e. The van der Waals surface area contributed by atoms with Gasteiger partial charge in [0, 0.05) is 11.8 Å². The van der Waals surface area contributed by atoms with Crippen LogP contribution in [0.1, 0.15) is 72.1 Å². The van der Waals surface area contributed by atoms with Gasteiger partial charge in [-0.3, -0.25) is 0 Å². The van der Waals surface area contributed by atoms with E-state index in [9.17, 15) is 10.2 Å². The Morgan fingerprint density at radius 3 is 2.55 bits per heavy atom. The van der Waals surface area contributed by atoms with E-state index in [1.165, 1.54) is 37.7 Å². The number of aliphatic hydroxyl groups is 2. The van der Waals surface area contributed by atoms with Crippen LogP contribution in [0.5, 0.6) is 0 Å². The maximum absolute atomic E-state index is 10.9. The highest BCUT2D eigenvalue weighted by Crippen LogP contribution is 2.67. The summed E-state index contributed by atoms with van der Waals surface area (Å²) in [7, 11) is 0. The molecule has 0 spiro atoms. The smallest absolute Gasteiger partial charge is 0.172 e. The molecular formula is C20H32O2. The highest BCUT2D eigenvalue weighted by Gasteiger charge is 2.63. The molecular weight excluding hydrogens is 272 g/mol. The van der Waals surface area contributed by atoms with Gasteiger partial charge < -0.3 is 10.2 Å². The zero-order chi connectivity index (χ0) is 15.8. The molecule has 4 rings (SSSR count). The molecule has 0 aromatic heterocycles. The number of allylic oxidation sites excluding steroid dienone is 1. The molecule has 0 saturated heterocycles. The van der Waals surface area contributed by atoms with Gasteiger partial charge in [0.2, 0.25) is 0 Å². The monoisotopic (exact) mass is 304 g/mol. The van der Waals surface area contributed by atoms with E-state index in [0.29, 0.717) is 29.6 Å². The van der Waals surface area contributed by atoms with Gasteiger partial charge in [-0.1, -0.05) is 38.8 Å². The topological polar surface area (TPSA) is 40.5 Å². The molecule has 0 amide bonds. The minimum Gasteiger partial charge on any atom is -0.365 e. The zero-order valence-electron chi connectivity index (χ0n) is 14.4. The van der Waals surface area contributed by atoms with Crippen LogP contribution in [0.15, 0.2) is 11.6 Å². The van der Waals surface area contributed by atoms with Crippen molar-refractivity contribution >= 4 is 0 Å². The summed E-state index contributed by atoms with van der Waals surface area (Å²) < 4.78 is 0. The summed E-state index contributed by atoms with van der Waals surface area (Å²) in [6.45, 7) is 7.06. The molecule has 4 aliphatic rings. The van der Waals surface area contributed by atoms with Crippen LogP contribution < -0.4 is 0 Å². The normalized spacial score (nSPS) is 53.2. The van der Waals surface area contributed by atoms with E-state index < -0.39 is 11.2 Å². The minimum absolute atomic E-state index is 0.410. The van der Waals surface area contributed by atoms with E-state index in [2.05, 4.69) is 26.8 Å². The maximum atomic E-state index is 10.9. The first-order valence-corrected chi connectivity index (χ1v) is 9.45. The highest BCUT2D eigenvalue weighted by atomic mass is 16.5. The summed E-state index contributed by atoms with van der Waals surface area (Å²) in [5.41, 5.74) is 1.45. The highest BCUT2D eigenvalue weighted by molar-refractivity contribution is 5.29. The van der Waals surface area contributed by atoms with Gasteiger partial charge in [-0.15, -0.1) is 0 Å². The van der Waals surface area contributed by atoms with Crippen molar-refractivity contribution in [2.75, 3.05) is 0 Å². The third kappa shape index (κ3) is 1.74. The van der Waals surface area contributed by atoms with Crippen molar-refractivity contribution in [3.05, 3.63) is 11.6 Å². The van der Waals surface area contributed by atoms with Crippen molar-refractivity contribution < 1.29 is 10.2 Å². The van der Waals surface area contributed by atoms with Gasteiger partial charge in [0.15, 0.2) is 5.79 Å². The van der Waals surface area contributed by atoms with E-state index in [1.54, 1.807) is 0 Å². The maximum Gasteiger partial charge on any atom is 0.172 e. The molecule has 6 atom stereocenters. The fourth-order valence-corrected chi connectivity index (χ4v) is 7.11. The lowest BCUT2D eigenvalue weighted by atomic mass is 9.45. The average molecular weight is 304 g/mol. The summed E-state index contributed by atoms with van der Waals surface area (Å²) in [6, 6.07) is 0. The summed E-state index contributed by atoms with van der Waals surface area (Å²) >= 11 is 0. The Hall–Kier alpha value is -0.340. The molecule has 0 unspecified atom stereocenters. The van der Waals surface area contributed by atoms with Gasteiger partial charge in [0.1, 0.15) is 0 Å².